The third-order valence-corrected chi connectivity index (χ3v) is 2.85. The lowest BCUT2D eigenvalue weighted by atomic mass is 10.2. The summed E-state index contributed by atoms with van der Waals surface area (Å²) in [6.45, 7) is 5.12. The number of nitrogens with zero attached hydrogens (tertiary/aromatic N) is 1. The number of hydrogen-bond acceptors (Lipinski definition) is 4. The number of aryl methyl sites for hydroxylation is 1. The van der Waals surface area contributed by atoms with E-state index < -0.39 is 0 Å². The first-order valence-electron chi connectivity index (χ1n) is 6.85. The molecule has 1 aromatic heterocycles. The highest BCUT2D eigenvalue weighted by Gasteiger charge is 2.04. The Kier molecular flexibility index (Phi) is 4.96. The van der Waals surface area contributed by atoms with Gasteiger partial charge in [0.15, 0.2) is 0 Å². The minimum absolute atomic E-state index is 0.477. The molecule has 0 saturated heterocycles. The van der Waals surface area contributed by atoms with E-state index in [9.17, 15) is 0 Å². The zero-order valence-corrected chi connectivity index (χ0v) is 11.9. The second kappa shape index (κ2) is 6.91. The Morgan fingerprint density at radius 1 is 1.10 bits per heavy atom. The molecule has 20 heavy (non-hydrogen) atoms. The molecule has 0 spiro atoms. The van der Waals surface area contributed by atoms with Crippen molar-refractivity contribution in [2.45, 2.75) is 26.8 Å². The van der Waals surface area contributed by atoms with E-state index in [0.29, 0.717) is 24.8 Å². The number of pyridine rings is 1. The van der Waals surface area contributed by atoms with Crippen molar-refractivity contribution in [2.24, 2.45) is 5.73 Å². The molecule has 0 unspecified atom stereocenters. The zero-order valence-electron chi connectivity index (χ0n) is 11.9. The molecular weight excluding hydrogens is 252 g/mol. The van der Waals surface area contributed by atoms with E-state index >= 15 is 0 Å². The summed E-state index contributed by atoms with van der Waals surface area (Å²) in [7, 11) is 0. The molecular formula is C16H20N2O2. The van der Waals surface area contributed by atoms with Gasteiger partial charge in [0.1, 0.15) is 11.5 Å². The second-order valence-electron chi connectivity index (χ2n) is 4.37. The van der Waals surface area contributed by atoms with Crippen molar-refractivity contribution < 1.29 is 9.47 Å². The van der Waals surface area contributed by atoms with Gasteiger partial charge in [0.05, 0.1) is 6.61 Å². The number of hydrogen-bond donors (Lipinski definition) is 1. The highest BCUT2D eigenvalue weighted by molar-refractivity contribution is 5.36. The summed E-state index contributed by atoms with van der Waals surface area (Å²) in [6, 6.07) is 11.4. The van der Waals surface area contributed by atoms with E-state index in [4.69, 9.17) is 15.2 Å². The van der Waals surface area contributed by atoms with E-state index in [1.807, 2.05) is 43.3 Å². The Hall–Kier alpha value is -2.07. The van der Waals surface area contributed by atoms with Crippen molar-refractivity contribution in [3.63, 3.8) is 0 Å². The molecule has 0 aliphatic carbocycles. The molecule has 2 aromatic rings. The number of aromatic nitrogens is 1. The van der Waals surface area contributed by atoms with Crippen LogP contribution in [0.15, 0.2) is 36.4 Å². The Morgan fingerprint density at radius 2 is 1.90 bits per heavy atom. The van der Waals surface area contributed by atoms with Gasteiger partial charge >= 0.3 is 0 Å². The third kappa shape index (κ3) is 3.71. The normalized spacial score (nSPS) is 10.3. The van der Waals surface area contributed by atoms with E-state index in [1.165, 1.54) is 0 Å². The lowest BCUT2D eigenvalue weighted by Gasteiger charge is -2.10. The van der Waals surface area contributed by atoms with Gasteiger partial charge in [0.2, 0.25) is 5.88 Å². The molecule has 106 valence electrons. The second-order valence-corrected chi connectivity index (χ2v) is 4.37. The van der Waals surface area contributed by atoms with Crippen molar-refractivity contribution in [3.05, 3.63) is 47.7 Å². The van der Waals surface area contributed by atoms with Gasteiger partial charge in [-0.15, -0.1) is 0 Å². The first-order chi connectivity index (χ1) is 9.75. The van der Waals surface area contributed by atoms with Crippen molar-refractivity contribution in [1.29, 1.82) is 0 Å². The molecule has 2 N–H and O–H groups in total. The van der Waals surface area contributed by atoms with Crippen molar-refractivity contribution >= 4 is 0 Å². The van der Waals surface area contributed by atoms with Crippen LogP contribution in [0.25, 0.3) is 0 Å². The fourth-order valence-corrected chi connectivity index (χ4v) is 1.89. The molecule has 0 saturated carbocycles. The fraction of sp³-hybridized carbons (Fsp3) is 0.312. The van der Waals surface area contributed by atoms with Crippen LogP contribution in [-0.2, 0) is 13.0 Å². The van der Waals surface area contributed by atoms with Crippen LogP contribution in [0.5, 0.6) is 17.4 Å². The predicted molar refractivity (Wildman–Crippen MR) is 79.2 cm³/mol. The van der Waals surface area contributed by atoms with Gasteiger partial charge in [-0.25, -0.2) is 4.98 Å². The number of rotatable bonds is 6. The maximum atomic E-state index is 5.80. The molecule has 0 radical (unpaired) electrons. The largest absolute Gasteiger partial charge is 0.494 e. The Labute approximate surface area is 119 Å². The summed E-state index contributed by atoms with van der Waals surface area (Å²) >= 11 is 0. The molecule has 0 bridgehead atoms. The molecule has 1 aromatic carbocycles. The number of nitrogens with two attached hydrogens (primary N) is 1. The van der Waals surface area contributed by atoms with Gasteiger partial charge in [-0.3, -0.25) is 0 Å². The maximum absolute atomic E-state index is 5.80. The molecule has 0 atom stereocenters. The van der Waals surface area contributed by atoms with Crippen molar-refractivity contribution in [2.75, 3.05) is 6.61 Å². The van der Waals surface area contributed by atoms with Crippen LogP contribution in [0.3, 0.4) is 0 Å². The summed E-state index contributed by atoms with van der Waals surface area (Å²) in [5.74, 6) is 2.06. The average molecular weight is 272 g/mol. The standard InChI is InChI=1S/C16H20N2O2/c1-3-13-8-12(11-17)9-16(18-13)20-15-7-5-6-14(10-15)19-4-2/h5-10H,3-4,11,17H2,1-2H3. The quantitative estimate of drug-likeness (QED) is 0.876. The first-order valence-corrected chi connectivity index (χ1v) is 6.85. The zero-order chi connectivity index (χ0) is 14.4. The number of ether oxygens (including phenoxy) is 2. The van der Waals surface area contributed by atoms with Crippen LogP contribution in [0, 0.1) is 0 Å². The van der Waals surface area contributed by atoms with Gasteiger partial charge in [-0.05, 0) is 37.1 Å². The lowest BCUT2D eigenvalue weighted by molar-refractivity contribution is 0.338. The lowest BCUT2D eigenvalue weighted by Crippen LogP contribution is -2.01. The third-order valence-electron chi connectivity index (χ3n) is 2.85. The highest BCUT2D eigenvalue weighted by Crippen LogP contribution is 2.25. The van der Waals surface area contributed by atoms with E-state index in [1.54, 1.807) is 0 Å². The van der Waals surface area contributed by atoms with Crippen LogP contribution in [0.4, 0.5) is 0 Å². The maximum Gasteiger partial charge on any atom is 0.219 e. The smallest absolute Gasteiger partial charge is 0.219 e. The van der Waals surface area contributed by atoms with Gasteiger partial charge in [-0.1, -0.05) is 13.0 Å². The fourth-order valence-electron chi connectivity index (χ4n) is 1.89. The molecule has 4 heteroatoms. The minimum atomic E-state index is 0.477. The van der Waals surface area contributed by atoms with E-state index in [2.05, 4.69) is 11.9 Å². The van der Waals surface area contributed by atoms with Gasteiger partial charge in [-0.2, -0.15) is 0 Å². The Morgan fingerprint density at radius 3 is 2.60 bits per heavy atom. The van der Waals surface area contributed by atoms with E-state index in [0.717, 1.165) is 23.4 Å². The van der Waals surface area contributed by atoms with Crippen LogP contribution in [-0.4, -0.2) is 11.6 Å². The van der Waals surface area contributed by atoms with Crippen LogP contribution in [0.1, 0.15) is 25.1 Å². The average Bonchev–Trinajstić information content (AvgIpc) is 2.47. The monoisotopic (exact) mass is 272 g/mol. The van der Waals surface area contributed by atoms with Crippen LogP contribution in [0.2, 0.25) is 0 Å². The summed E-state index contributed by atoms with van der Waals surface area (Å²) in [4.78, 5) is 4.45. The molecule has 2 rings (SSSR count). The van der Waals surface area contributed by atoms with Gasteiger partial charge < -0.3 is 15.2 Å². The molecule has 0 amide bonds. The summed E-state index contributed by atoms with van der Waals surface area (Å²) < 4.78 is 11.3. The molecule has 0 aliphatic heterocycles. The minimum Gasteiger partial charge on any atom is -0.494 e. The van der Waals surface area contributed by atoms with Gasteiger partial charge in [0, 0.05) is 24.4 Å². The first kappa shape index (κ1) is 14.3. The van der Waals surface area contributed by atoms with Gasteiger partial charge in [0.25, 0.3) is 0 Å². The van der Waals surface area contributed by atoms with Crippen LogP contribution >= 0.6 is 0 Å². The van der Waals surface area contributed by atoms with Crippen molar-refractivity contribution in [1.82, 2.24) is 4.98 Å². The highest BCUT2D eigenvalue weighted by atomic mass is 16.5. The SMILES string of the molecule is CCOc1cccc(Oc2cc(CN)cc(CC)n2)c1. The molecule has 0 aliphatic rings. The van der Waals surface area contributed by atoms with E-state index in [-0.39, 0.29) is 0 Å². The Balaban J connectivity index is 2.22. The predicted octanol–water partition coefficient (Wildman–Crippen LogP) is 3.29. The van der Waals surface area contributed by atoms with Crippen molar-refractivity contribution in [3.8, 4) is 17.4 Å². The summed E-state index contributed by atoms with van der Waals surface area (Å²) in [5, 5.41) is 0. The molecule has 4 nitrogen and oxygen atoms in total. The molecule has 0 fully saturated rings. The summed E-state index contributed by atoms with van der Waals surface area (Å²) in [6.07, 6.45) is 0.850. The van der Waals surface area contributed by atoms with Crippen LogP contribution < -0.4 is 15.2 Å². The Bertz CT molecular complexity index is 548. The summed E-state index contributed by atoms with van der Waals surface area (Å²) in [5.41, 5.74) is 7.69. The topological polar surface area (TPSA) is 57.4 Å². The molecule has 1 heterocycles. The number of benzene rings is 1.